The minimum absolute atomic E-state index is 0.458. The fourth-order valence-corrected chi connectivity index (χ4v) is 3.59. The Morgan fingerprint density at radius 2 is 1.48 bits per heavy atom. The fraction of sp³-hybridized carbons (Fsp3) is 0.318. The summed E-state index contributed by atoms with van der Waals surface area (Å²) >= 11 is 0. The normalized spacial score (nSPS) is 16.4. The Labute approximate surface area is 169 Å². The number of piperazine rings is 1. The number of nitrogens with zero attached hydrogens (tertiary/aromatic N) is 2. The van der Waals surface area contributed by atoms with E-state index in [1.54, 1.807) is 17.0 Å². The minimum atomic E-state index is -0.608. The molecule has 7 heteroatoms. The highest BCUT2D eigenvalue weighted by Crippen LogP contribution is 2.40. The lowest BCUT2D eigenvalue weighted by molar-refractivity contribution is -0.143. The summed E-state index contributed by atoms with van der Waals surface area (Å²) in [4.78, 5) is 39.7. The smallest absolute Gasteiger partial charge is 0.313 e. The second-order valence-corrected chi connectivity index (χ2v) is 7.54. The predicted molar refractivity (Wildman–Crippen MR) is 111 cm³/mol. The van der Waals surface area contributed by atoms with E-state index in [1.165, 1.54) is 18.4 Å². The van der Waals surface area contributed by atoms with Gasteiger partial charge in [0, 0.05) is 43.1 Å². The molecule has 7 nitrogen and oxygen atoms in total. The van der Waals surface area contributed by atoms with E-state index >= 15 is 0 Å². The first kappa shape index (κ1) is 19.0. The number of benzene rings is 2. The standard InChI is InChI=1S/C22H24N4O3/c23-20(27)17-5-9-19(10-6-17)25-11-13-26(14-12-25)22(29)21(28)24-18-7-3-16(4-8-18)15-1-2-15/h3-10,15H,1-2,11-14H2,(H2,23,27)(H,24,28). The van der Waals surface area contributed by atoms with Gasteiger partial charge in [-0.05, 0) is 60.7 Å². The number of carbonyl (C=O) groups is 3. The van der Waals surface area contributed by atoms with Crippen molar-refractivity contribution in [3.05, 3.63) is 59.7 Å². The molecule has 0 bridgehead atoms. The highest BCUT2D eigenvalue weighted by atomic mass is 16.2. The summed E-state index contributed by atoms with van der Waals surface area (Å²) in [7, 11) is 0. The van der Waals surface area contributed by atoms with Gasteiger partial charge in [0.2, 0.25) is 5.91 Å². The van der Waals surface area contributed by atoms with Gasteiger partial charge in [-0.3, -0.25) is 14.4 Å². The lowest BCUT2D eigenvalue weighted by Gasteiger charge is -2.35. The van der Waals surface area contributed by atoms with Crippen molar-refractivity contribution in [2.75, 3.05) is 36.4 Å². The average molecular weight is 392 g/mol. The zero-order valence-electron chi connectivity index (χ0n) is 16.1. The first-order chi connectivity index (χ1) is 14.0. The van der Waals surface area contributed by atoms with Gasteiger partial charge in [0.25, 0.3) is 0 Å². The largest absolute Gasteiger partial charge is 0.368 e. The number of nitrogens with two attached hydrogens (primary N) is 1. The van der Waals surface area contributed by atoms with Gasteiger partial charge in [0.05, 0.1) is 0 Å². The van der Waals surface area contributed by atoms with Crippen molar-refractivity contribution < 1.29 is 14.4 Å². The monoisotopic (exact) mass is 392 g/mol. The van der Waals surface area contributed by atoms with Gasteiger partial charge in [-0.1, -0.05) is 12.1 Å². The Hall–Kier alpha value is -3.35. The number of primary amides is 1. The van der Waals surface area contributed by atoms with E-state index < -0.39 is 17.7 Å². The number of nitrogens with one attached hydrogen (secondary N) is 1. The SMILES string of the molecule is NC(=O)c1ccc(N2CCN(C(=O)C(=O)Nc3ccc(C4CC4)cc3)CC2)cc1. The van der Waals surface area contributed by atoms with E-state index in [9.17, 15) is 14.4 Å². The van der Waals surface area contributed by atoms with Crippen LogP contribution in [0.2, 0.25) is 0 Å². The van der Waals surface area contributed by atoms with Gasteiger partial charge in [0.1, 0.15) is 0 Å². The van der Waals surface area contributed by atoms with Crippen LogP contribution in [0.5, 0.6) is 0 Å². The molecule has 3 N–H and O–H groups in total. The Kier molecular flexibility index (Phi) is 5.20. The molecule has 1 saturated carbocycles. The fourth-order valence-electron chi connectivity index (χ4n) is 3.59. The second kappa shape index (κ2) is 7.95. The Morgan fingerprint density at radius 3 is 2.03 bits per heavy atom. The van der Waals surface area contributed by atoms with Crippen LogP contribution in [0.25, 0.3) is 0 Å². The van der Waals surface area contributed by atoms with E-state index in [4.69, 9.17) is 5.73 Å². The molecular weight excluding hydrogens is 368 g/mol. The maximum Gasteiger partial charge on any atom is 0.313 e. The van der Waals surface area contributed by atoms with Gasteiger partial charge in [-0.15, -0.1) is 0 Å². The molecule has 0 unspecified atom stereocenters. The molecule has 4 rings (SSSR count). The van der Waals surface area contributed by atoms with E-state index in [1.807, 2.05) is 36.4 Å². The highest BCUT2D eigenvalue weighted by molar-refractivity contribution is 6.39. The molecule has 2 aromatic carbocycles. The number of hydrogen-bond donors (Lipinski definition) is 2. The lowest BCUT2D eigenvalue weighted by atomic mass is 10.1. The third-order valence-electron chi connectivity index (χ3n) is 5.50. The molecule has 3 amide bonds. The van der Waals surface area contributed by atoms with Crippen molar-refractivity contribution in [1.82, 2.24) is 4.90 Å². The highest BCUT2D eigenvalue weighted by Gasteiger charge is 2.27. The van der Waals surface area contributed by atoms with Crippen molar-refractivity contribution in [3.63, 3.8) is 0 Å². The van der Waals surface area contributed by atoms with E-state index in [0.717, 1.165) is 5.69 Å². The molecule has 1 aliphatic heterocycles. The van der Waals surface area contributed by atoms with Gasteiger partial charge in [-0.2, -0.15) is 0 Å². The quantitative estimate of drug-likeness (QED) is 0.778. The lowest BCUT2D eigenvalue weighted by Crippen LogP contribution is -2.51. The Morgan fingerprint density at radius 1 is 0.862 bits per heavy atom. The zero-order chi connectivity index (χ0) is 20.4. The molecule has 0 aromatic heterocycles. The van der Waals surface area contributed by atoms with E-state index in [0.29, 0.717) is 43.3 Å². The molecule has 1 heterocycles. The molecule has 0 spiro atoms. The molecular formula is C22H24N4O3. The summed E-state index contributed by atoms with van der Waals surface area (Å²) in [6.07, 6.45) is 2.46. The van der Waals surface area contributed by atoms with Crippen molar-refractivity contribution in [1.29, 1.82) is 0 Å². The van der Waals surface area contributed by atoms with Crippen LogP contribution in [0.15, 0.2) is 48.5 Å². The van der Waals surface area contributed by atoms with E-state index in [2.05, 4.69) is 10.2 Å². The summed E-state index contributed by atoms with van der Waals surface area (Å²) < 4.78 is 0. The van der Waals surface area contributed by atoms with Crippen LogP contribution in [-0.4, -0.2) is 48.8 Å². The van der Waals surface area contributed by atoms with E-state index in [-0.39, 0.29) is 0 Å². The molecule has 29 heavy (non-hydrogen) atoms. The summed E-state index contributed by atoms with van der Waals surface area (Å²) in [5.41, 5.74) is 8.62. The molecule has 0 atom stereocenters. The van der Waals surface area contributed by atoms with Crippen LogP contribution < -0.4 is 16.0 Å². The molecule has 150 valence electrons. The number of hydrogen-bond acceptors (Lipinski definition) is 4. The van der Waals surface area contributed by atoms with Gasteiger partial charge in [0.15, 0.2) is 0 Å². The first-order valence-electron chi connectivity index (χ1n) is 9.86. The topological polar surface area (TPSA) is 95.7 Å². The third-order valence-corrected chi connectivity index (χ3v) is 5.50. The molecule has 2 aliphatic rings. The third kappa shape index (κ3) is 4.39. The van der Waals surface area contributed by atoms with Gasteiger partial charge in [-0.25, -0.2) is 0 Å². The van der Waals surface area contributed by atoms with Crippen molar-refractivity contribution in [2.24, 2.45) is 5.73 Å². The minimum Gasteiger partial charge on any atom is -0.368 e. The zero-order valence-corrected chi connectivity index (χ0v) is 16.1. The number of anilines is 2. The molecule has 1 saturated heterocycles. The van der Waals surface area contributed by atoms with Gasteiger partial charge >= 0.3 is 11.8 Å². The van der Waals surface area contributed by atoms with Crippen LogP contribution in [0.4, 0.5) is 11.4 Å². The first-order valence-corrected chi connectivity index (χ1v) is 9.86. The van der Waals surface area contributed by atoms with Crippen LogP contribution in [-0.2, 0) is 9.59 Å². The summed E-state index contributed by atoms with van der Waals surface area (Å²) in [6, 6.07) is 14.8. The van der Waals surface area contributed by atoms with Crippen LogP contribution in [0, 0.1) is 0 Å². The van der Waals surface area contributed by atoms with Gasteiger partial charge < -0.3 is 20.9 Å². The number of rotatable bonds is 4. The Balaban J connectivity index is 1.29. The molecule has 0 radical (unpaired) electrons. The van der Waals surface area contributed by atoms with Crippen molar-refractivity contribution >= 4 is 29.1 Å². The number of amides is 3. The average Bonchev–Trinajstić information content (AvgIpc) is 3.59. The predicted octanol–water partition coefficient (Wildman–Crippen LogP) is 1.95. The maximum atomic E-state index is 12.5. The number of carbonyl (C=O) groups excluding carboxylic acids is 3. The van der Waals surface area contributed by atoms with Crippen LogP contribution in [0.1, 0.15) is 34.7 Å². The summed E-state index contributed by atoms with van der Waals surface area (Å²) in [5.74, 6) is -0.923. The summed E-state index contributed by atoms with van der Waals surface area (Å²) in [6.45, 7) is 2.16. The molecule has 1 aliphatic carbocycles. The molecule has 2 fully saturated rings. The summed E-state index contributed by atoms with van der Waals surface area (Å²) in [5, 5.41) is 2.70. The van der Waals surface area contributed by atoms with Crippen LogP contribution >= 0.6 is 0 Å². The van der Waals surface area contributed by atoms with Crippen LogP contribution in [0.3, 0.4) is 0 Å². The Bertz CT molecular complexity index is 912. The van der Waals surface area contributed by atoms with Crippen molar-refractivity contribution in [3.8, 4) is 0 Å². The molecule has 2 aromatic rings. The maximum absolute atomic E-state index is 12.5. The second-order valence-electron chi connectivity index (χ2n) is 7.54. The van der Waals surface area contributed by atoms with Crippen molar-refractivity contribution in [2.45, 2.75) is 18.8 Å².